The number of aromatic nitrogens is 3. The van der Waals surface area contributed by atoms with Crippen molar-refractivity contribution >= 4 is 43.5 Å². The lowest BCUT2D eigenvalue weighted by Crippen LogP contribution is -2.15. The Bertz CT molecular complexity index is 4360. The van der Waals surface area contributed by atoms with Gasteiger partial charge in [-0.15, -0.1) is 0 Å². The fourth-order valence-corrected chi connectivity index (χ4v) is 13.2. The van der Waals surface area contributed by atoms with Crippen molar-refractivity contribution in [3.8, 4) is 78.7 Å². The van der Waals surface area contributed by atoms with Crippen LogP contribution in [0.1, 0.15) is 74.9 Å². The van der Waals surface area contributed by atoms with Crippen molar-refractivity contribution in [2.75, 3.05) is 0 Å². The number of nitrogens with zero attached hydrogens (tertiary/aromatic N) is 3. The summed E-state index contributed by atoms with van der Waals surface area (Å²) in [5.41, 5.74) is 22.0. The second-order valence-corrected chi connectivity index (χ2v) is 21.9. The third-order valence-corrected chi connectivity index (χ3v) is 16.9. The van der Waals surface area contributed by atoms with Crippen LogP contribution in [0, 0.1) is 0 Å². The highest BCUT2D eigenvalue weighted by Gasteiger charge is 2.40. The smallest absolute Gasteiger partial charge is 0.164 e. The molecule has 3 aliphatic rings. The van der Waals surface area contributed by atoms with Gasteiger partial charge in [-0.2, -0.15) is 0 Å². The molecule has 4 heteroatoms. The average Bonchev–Trinajstić information content (AvgIpc) is 4.07. The Hall–Kier alpha value is -8.47. The molecule has 0 bridgehead atoms. The van der Waals surface area contributed by atoms with Crippen LogP contribution in [-0.4, -0.2) is 15.0 Å². The first-order valence-electron chi connectivity index (χ1n) is 25.3. The molecule has 0 fully saturated rings. The summed E-state index contributed by atoms with van der Waals surface area (Å²) in [4.78, 5) is 16.1. The lowest BCUT2D eigenvalue weighted by molar-refractivity contribution is 0.653. The zero-order valence-corrected chi connectivity index (χ0v) is 41.1. The van der Waals surface area contributed by atoms with Crippen LogP contribution in [-0.2, 0) is 16.2 Å². The van der Waals surface area contributed by atoms with E-state index in [4.69, 9.17) is 19.4 Å². The van der Waals surface area contributed by atoms with Crippen LogP contribution in [0.5, 0.6) is 0 Å². The third kappa shape index (κ3) is 5.55. The van der Waals surface area contributed by atoms with E-state index in [1.807, 2.05) is 0 Å². The minimum Gasteiger partial charge on any atom is -0.455 e. The normalized spacial score (nSPS) is 15.1. The summed E-state index contributed by atoms with van der Waals surface area (Å²) in [7, 11) is 0. The molecule has 4 nitrogen and oxygen atoms in total. The van der Waals surface area contributed by atoms with Gasteiger partial charge in [0.1, 0.15) is 11.2 Å². The van der Waals surface area contributed by atoms with Gasteiger partial charge >= 0.3 is 0 Å². The Balaban J connectivity index is 0.919. The molecule has 0 unspecified atom stereocenters. The fraction of sp³-hybridized carbons (Fsp3) is 0.132. The average molecular weight is 924 g/mol. The molecule has 10 aromatic carbocycles. The maximum Gasteiger partial charge on any atom is 0.164 e. The number of hydrogen-bond donors (Lipinski definition) is 0. The van der Waals surface area contributed by atoms with Crippen molar-refractivity contribution in [3.63, 3.8) is 0 Å². The molecule has 342 valence electrons. The topological polar surface area (TPSA) is 51.8 Å². The summed E-state index contributed by atoms with van der Waals surface area (Å²) in [6, 6.07) is 68.8. The maximum absolute atomic E-state index is 6.84. The van der Waals surface area contributed by atoms with Crippen LogP contribution in [0.15, 0.2) is 192 Å². The maximum atomic E-state index is 6.84. The van der Waals surface area contributed by atoms with E-state index in [0.717, 1.165) is 49.8 Å². The first kappa shape index (κ1) is 41.3. The van der Waals surface area contributed by atoms with E-state index in [-0.39, 0.29) is 16.2 Å². The SMILES string of the molecule is CC1(C)c2ccccc2-c2ccc(-c3nc(-c4ccc(-c5cc6c(c7oc8ccccc8c57)-c5ccccc5C6(C)C)cc4)nc(-c4ccc5ccc6ccc7c(c6c5c4)-c4ccccc4C7(C)C)n3)cc21. The fourth-order valence-electron chi connectivity index (χ4n) is 13.2. The molecule has 0 amide bonds. The number of benzene rings is 10. The molecular formula is C68H49N3O. The number of hydrogen-bond acceptors (Lipinski definition) is 4. The zero-order chi connectivity index (χ0) is 48.4. The van der Waals surface area contributed by atoms with Crippen molar-refractivity contribution < 1.29 is 4.42 Å². The molecule has 12 aromatic rings. The van der Waals surface area contributed by atoms with Gasteiger partial charge in [0.25, 0.3) is 0 Å². The minimum absolute atomic E-state index is 0.111. The van der Waals surface area contributed by atoms with E-state index in [1.165, 1.54) is 88.3 Å². The number of fused-ring (bicyclic) bond motifs is 17. The largest absolute Gasteiger partial charge is 0.455 e. The lowest BCUT2D eigenvalue weighted by atomic mass is 9.81. The summed E-state index contributed by atoms with van der Waals surface area (Å²) in [6.07, 6.45) is 0. The van der Waals surface area contributed by atoms with Crippen LogP contribution in [0.2, 0.25) is 0 Å². The summed E-state index contributed by atoms with van der Waals surface area (Å²) in [5, 5.41) is 7.13. The summed E-state index contributed by atoms with van der Waals surface area (Å²) in [5.74, 6) is 1.92. The van der Waals surface area contributed by atoms with Crippen LogP contribution < -0.4 is 0 Å². The van der Waals surface area contributed by atoms with Crippen LogP contribution in [0.25, 0.3) is 122 Å². The van der Waals surface area contributed by atoms with Gasteiger partial charge in [-0.25, -0.2) is 15.0 Å². The van der Waals surface area contributed by atoms with Crippen molar-refractivity contribution in [2.24, 2.45) is 0 Å². The Morgan fingerprint density at radius 2 is 0.819 bits per heavy atom. The molecule has 2 heterocycles. The van der Waals surface area contributed by atoms with Gasteiger partial charge in [0.05, 0.1) is 0 Å². The molecule has 0 atom stereocenters. The second kappa shape index (κ2) is 14.3. The number of rotatable bonds is 4. The highest BCUT2D eigenvalue weighted by molar-refractivity contribution is 6.19. The van der Waals surface area contributed by atoms with E-state index in [0.29, 0.717) is 17.5 Å². The quantitative estimate of drug-likeness (QED) is 0.165. The number of furan rings is 1. The molecule has 72 heavy (non-hydrogen) atoms. The van der Waals surface area contributed by atoms with Crippen molar-refractivity contribution in [2.45, 2.75) is 57.8 Å². The van der Waals surface area contributed by atoms with Crippen LogP contribution in [0.4, 0.5) is 0 Å². The first-order chi connectivity index (χ1) is 34.9. The minimum atomic E-state index is -0.197. The predicted octanol–water partition coefficient (Wildman–Crippen LogP) is 17.7. The molecule has 0 aliphatic heterocycles. The monoisotopic (exact) mass is 923 g/mol. The lowest BCUT2D eigenvalue weighted by Gasteiger charge is -2.22. The van der Waals surface area contributed by atoms with Gasteiger partial charge in [0, 0.05) is 49.3 Å². The van der Waals surface area contributed by atoms with Gasteiger partial charge in [-0.1, -0.05) is 205 Å². The van der Waals surface area contributed by atoms with Crippen molar-refractivity contribution in [1.82, 2.24) is 15.0 Å². The summed E-state index contributed by atoms with van der Waals surface area (Å²) >= 11 is 0. The van der Waals surface area contributed by atoms with Gasteiger partial charge < -0.3 is 4.42 Å². The van der Waals surface area contributed by atoms with Gasteiger partial charge in [-0.3, -0.25) is 0 Å². The molecule has 0 N–H and O–H groups in total. The van der Waals surface area contributed by atoms with E-state index in [9.17, 15) is 0 Å². The molecule has 0 saturated carbocycles. The van der Waals surface area contributed by atoms with E-state index < -0.39 is 0 Å². The highest BCUT2D eigenvalue weighted by atomic mass is 16.3. The van der Waals surface area contributed by atoms with Crippen molar-refractivity contribution in [1.29, 1.82) is 0 Å². The number of para-hydroxylation sites is 1. The van der Waals surface area contributed by atoms with Gasteiger partial charge in [0.2, 0.25) is 0 Å². The molecule has 15 rings (SSSR count). The van der Waals surface area contributed by atoms with E-state index >= 15 is 0 Å². The Morgan fingerprint density at radius 1 is 0.319 bits per heavy atom. The Kier molecular flexibility index (Phi) is 8.23. The van der Waals surface area contributed by atoms with Crippen LogP contribution >= 0.6 is 0 Å². The zero-order valence-electron chi connectivity index (χ0n) is 41.1. The molecule has 0 radical (unpaired) electrons. The summed E-state index contributed by atoms with van der Waals surface area (Å²) in [6.45, 7) is 14.0. The Labute approximate surface area is 418 Å². The first-order valence-corrected chi connectivity index (χ1v) is 25.3. The van der Waals surface area contributed by atoms with Crippen molar-refractivity contribution in [3.05, 3.63) is 221 Å². The molecule has 2 aromatic heterocycles. The molecule has 0 saturated heterocycles. The van der Waals surface area contributed by atoms with E-state index in [2.05, 4.69) is 230 Å². The standard InChI is InChI=1S/C68H49N3O/c1-66(2)52-20-12-8-16-46(52)60-54(66)34-32-40-27-23-38-26-30-42(35-49(38)58(40)60)64-69-63(70-65(71-64)43-31-33-45-44-15-7-11-19-51(44)67(3,4)55(45)36-43)41-28-24-39(25-29-41)50-37-56-61(47-17-9-13-21-53(47)68(56,5)6)62-59(50)48-18-10-14-22-57(48)72-62/h7-37H,1-6H3. The molecular weight excluding hydrogens is 875 g/mol. The summed E-state index contributed by atoms with van der Waals surface area (Å²) < 4.78 is 6.84. The predicted molar refractivity (Wildman–Crippen MR) is 297 cm³/mol. The van der Waals surface area contributed by atoms with Gasteiger partial charge in [-0.05, 0) is 118 Å². The molecule has 0 spiro atoms. The third-order valence-electron chi connectivity index (χ3n) is 16.9. The second-order valence-electron chi connectivity index (χ2n) is 21.9. The van der Waals surface area contributed by atoms with Crippen LogP contribution in [0.3, 0.4) is 0 Å². The Morgan fingerprint density at radius 3 is 1.56 bits per heavy atom. The van der Waals surface area contributed by atoms with Gasteiger partial charge in [0.15, 0.2) is 17.5 Å². The van der Waals surface area contributed by atoms with E-state index in [1.54, 1.807) is 0 Å². The highest BCUT2D eigenvalue weighted by Crippen LogP contribution is 2.56. The molecule has 3 aliphatic carbocycles.